The van der Waals surface area contributed by atoms with E-state index in [1.807, 2.05) is 6.07 Å². The Morgan fingerprint density at radius 3 is 3.09 bits per heavy atom. The SMILES string of the molecule is O=C(CN1CC[C@@H](c2cccc(F)c2)C1)NC[C@@H]1CCCO1. The Morgan fingerprint density at radius 2 is 2.32 bits per heavy atom. The van der Waals surface area contributed by atoms with Crippen LogP contribution in [0.1, 0.15) is 30.7 Å². The average molecular weight is 306 g/mol. The summed E-state index contributed by atoms with van der Waals surface area (Å²) in [6, 6.07) is 6.79. The lowest BCUT2D eigenvalue weighted by molar-refractivity contribution is -0.122. The fourth-order valence-corrected chi connectivity index (χ4v) is 3.30. The maximum atomic E-state index is 13.3. The number of nitrogens with zero attached hydrogens (tertiary/aromatic N) is 1. The van der Waals surface area contributed by atoms with E-state index in [0.29, 0.717) is 19.0 Å². The largest absolute Gasteiger partial charge is 0.376 e. The van der Waals surface area contributed by atoms with E-state index in [4.69, 9.17) is 4.74 Å². The summed E-state index contributed by atoms with van der Waals surface area (Å²) in [4.78, 5) is 14.1. The summed E-state index contributed by atoms with van der Waals surface area (Å²) >= 11 is 0. The molecule has 0 bridgehead atoms. The van der Waals surface area contributed by atoms with Crippen LogP contribution in [0.4, 0.5) is 4.39 Å². The number of likely N-dealkylation sites (tertiary alicyclic amines) is 1. The molecule has 22 heavy (non-hydrogen) atoms. The fraction of sp³-hybridized carbons (Fsp3) is 0.588. The molecular weight excluding hydrogens is 283 g/mol. The highest BCUT2D eigenvalue weighted by molar-refractivity contribution is 5.78. The van der Waals surface area contributed by atoms with Gasteiger partial charge in [0.1, 0.15) is 5.82 Å². The van der Waals surface area contributed by atoms with Crippen molar-refractivity contribution in [1.29, 1.82) is 0 Å². The van der Waals surface area contributed by atoms with Gasteiger partial charge in [0.05, 0.1) is 12.6 Å². The molecule has 1 aromatic carbocycles. The van der Waals surface area contributed by atoms with Crippen molar-refractivity contribution < 1.29 is 13.9 Å². The van der Waals surface area contributed by atoms with Crippen LogP contribution in [0.3, 0.4) is 0 Å². The van der Waals surface area contributed by atoms with Gasteiger partial charge in [-0.15, -0.1) is 0 Å². The minimum Gasteiger partial charge on any atom is -0.376 e. The van der Waals surface area contributed by atoms with Crippen LogP contribution in [0.5, 0.6) is 0 Å². The highest BCUT2D eigenvalue weighted by Crippen LogP contribution is 2.27. The van der Waals surface area contributed by atoms with Gasteiger partial charge in [-0.05, 0) is 49.4 Å². The zero-order valence-electron chi connectivity index (χ0n) is 12.8. The number of rotatable bonds is 5. The Morgan fingerprint density at radius 1 is 1.41 bits per heavy atom. The summed E-state index contributed by atoms with van der Waals surface area (Å²) < 4.78 is 18.8. The van der Waals surface area contributed by atoms with Crippen molar-refractivity contribution in [3.05, 3.63) is 35.6 Å². The molecule has 0 saturated carbocycles. The van der Waals surface area contributed by atoms with Crippen molar-refractivity contribution >= 4 is 5.91 Å². The van der Waals surface area contributed by atoms with Crippen molar-refractivity contribution in [2.45, 2.75) is 31.3 Å². The second-order valence-corrected chi connectivity index (χ2v) is 6.21. The number of ether oxygens (including phenoxy) is 1. The molecule has 0 radical (unpaired) electrons. The monoisotopic (exact) mass is 306 g/mol. The zero-order chi connectivity index (χ0) is 15.4. The molecule has 0 aliphatic carbocycles. The average Bonchev–Trinajstić information content (AvgIpc) is 3.16. The van der Waals surface area contributed by atoms with E-state index in [0.717, 1.165) is 44.5 Å². The molecule has 1 amide bonds. The van der Waals surface area contributed by atoms with E-state index in [2.05, 4.69) is 10.2 Å². The van der Waals surface area contributed by atoms with E-state index >= 15 is 0 Å². The summed E-state index contributed by atoms with van der Waals surface area (Å²) in [5.74, 6) is 0.183. The Kier molecular flexibility index (Phi) is 5.05. The lowest BCUT2D eigenvalue weighted by Crippen LogP contribution is -2.39. The summed E-state index contributed by atoms with van der Waals surface area (Å²) in [7, 11) is 0. The molecule has 3 rings (SSSR count). The molecule has 1 aromatic rings. The molecule has 2 saturated heterocycles. The van der Waals surface area contributed by atoms with E-state index in [9.17, 15) is 9.18 Å². The summed E-state index contributed by atoms with van der Waals surface area (Å²) in [5.41, 5.74) is 1.03. The second-order valence-electron chi connectivity index (χ2n) is 6.21. The maximum absolute atomic E-state index is 13.3. The van der Waals surface area contributed by atoms with Crippen molar-refractivity contribution in [2.24, 2.45) is 0 Å². The lowest BCUT2D eigenvalue weighted by Gasteiger charge is -2.17. The Labute approximate surface area is 130 Å². The Balaban J connectivity index is 1.43. The Bertz CT molecular complexity index is 517. The van der Waals surface area contributed by atoms with Gasteiger partial charge in [0.2, 0.25) is 5.91 Å². The van der Waals surface area contributed by atoms with Gasteiger partial charge in [0.25, 0.3) is 0 Å². The summed E-state index contributed by atoms with van der Waals surface area (Å²) in [6.07, 6.45) is 3.28. The van der Waals surface area contributed by atoms with Crippen molar-refractivity contribution in [1.82, 2.24) is 10.2 Å². The molecule has 5 heteroatoms. The second kappa shape index (κ2) is 7.20. The van der Waals surface area contributed by atoms with Gasteiger partial charge in [0.15, 0.2) is 0 Å². The van der Waals surface area contributed by atoms with Crippen LogP contribution in [0, 0.1) is 5.82 Å². The van der Waals surface area contributed by atoms with Crippen LogP contribution < -0.4 is 5.32 Å². The standard InChI is InChI=1S/C17H23FN2O2/c18-15-4-1-3-13(9-15)14-6-7-20(11-14)12-17(21)19-10-16-5-2-8-22-16/h1,3-4,9,14,16H,2,5-8,10-12H2,(H,19,21)/t14-,16+/m1/s1. The molecule has 0 aromatic heterocycles. The first-order valence-corrected chi connectivity index (χ1v) is 8.07. The maximum Gasteiger partial charge on any atom is 0.234 e. The number of halogens is 1. The molecular formula is C17H23FN2O2. The highest BCUT2D eigenvalue weighted by atomic mass is 19.1. The van der Waals surface area contributed by atoms with Crippen LogP contribution in [-0.4, -0.2) is 49.7 Å². The summed E-state index contributed by atoms with van der Waals surface area (Å²) in [6.45, 7) is 3.53. The number of nitrogens with one attached hydrogen (secondary N) is 1. The van der Waals surface area contributed by atoms with Crippen molar-refractivity contribution in [3.63, 3.8) is 0 Å². The van der Waals surface area contributed by atoms with Crippen LogP contribution >= 0.6 is 0 Å². The number of benzene rings is 1. The number of hydrogen-bond donors (Lipinski definition) is 1. The predicted molar refractivity (Wildman–Crippen MR) is 82.2 cm³/mol. The first kappa shape index (κ1) is 15.4. The van der Waals surface area contributed by atoms with Gasteiger partial charge >= 0.3 is 0 Å². The number of hydrogen-bond acceptors (Lipinski definition) is 3. The molecule has 120 valence electrons. The fourth-order valence-electron chi connectivity index (χ4n) is 3.30. The molecule has 0 spiro atoms. The van der Waals surface area contributed by atoms with Gasteiger partial charge in [-0.1, -0.05) is 12.1 Å². The van der Waals surface area contributed by atoms with Gasteiger partial charge in [-0.3, -0.25) is 9.69 Å². The Hall–Kier alpha value is -1.46. The molecule has 2 aliphatic rings. The summed E-state index contributed by atoms with van der Waals surface area (Å²) in [5, 5.41) is 2.95. The smallest absolute Gasteiger partial charge is 0.234 e. The van der Waals surface area contributed by atoms with Gasteiger partial charge in [0, 0.05) is 19.7 Å². The minimum atomic E-state index is -0.190. The van der Waals surface area contributed by atoms with Crippen LogP contribution in [0.15, 0.2) is 24.3 Å². The quantitative estimate of drug-likeness (QED) is 0.903. The first-order chi connectivity index (χ1) is 10.7. The third-order valence-electron chi connectivity index (χ3n) is 4.51. The normalized spacial score (nSPS) is 25.5. The van der Waals surface area contributed by atoms with Gasteiger partial charge in [-0.2, -0.15) is 0 Å². The number of carbonyl (C=O) groups excluding carboxylic acids is 1. The van der Waals surface area contributed by atoms with E-state index < -0.39 is 0 Å². The number of carbonyl (C=O) groups is 1. The van der Waals surface area contributed by atoms with E-state index in [-0.39, 0.29) is 17.8 Å². The molecule has 1 N–H and O–H groups in total. The molecule has 2 fully saturated rings. The topological polar surface area (TPSA) is 41.6 Å². The zero-order valence-corrected chi connectivity index (χ0v) is 12.8. The third kappa shape index (κ3) is 4.05. The molecule has 2 atom stereocenters. The predicted octanol–water partition coefficient (Wildman–Crippen LogP) is 1.91. The van der Waals surface area contributed by atoms with Gasteiger partial charge < -0.3 is 10.1 Å². The highest BCUT2D eigenvalue weighted by Gasteiger charge is 2.25. The minimum absolute atomic E-state index is 0.0513. The molecule has 0 unspecified atom stereocenters. The molecule has 4 nitrogen and oxygen atoms in total. The third-order valence-corrected chi connectivity index (χ3v) is 4.51. The first-order valence-electron chi connectivity index (χ1n) is 8.07. The molecule has 2 aliphatic heterocycles. The van der Waals surface area contributed by atoms with Gasteiger partial charge in [-0.25, -0.2) is 4.39 Å². The van der Waals surface area contributed by atoms with E-state index in [1.54, 1.807) is 12.1 Å². The number of amides is 1. The lowest BCUT2D eigenvalue weighted by atomic mass is 9.98. The molecule has 2 heterocycles. The van der Waals surface area contributed by atoms with Crippen molar-refractivity contribution in [2.75, 3.05) is 32.8 Å². The van der Waals surface area contributed by atoms with Crippen LogP contribution in [-0.2, 0) is 9.53 Å². The van der Waals surface area contributed by atoms with Crippen molar-refractivity contribution in [3.8, 4) is 0 Å². The van der Waals surface area contributed by atoms with Crippen LogP contribution in [0.25, 0.3) is 0 Å². The van der Waals surface area contributed by atoms with Crippen LogP contribution in [0.2, 0.25) is 0 Å². The van der Waals surface area contributed by atoms with E-state index in [1.165, 1.54) is 6.07 Å².